The zero-order valence-electron chi connectivity index (χ0n) is 20.0. The van der Waals surface area contributed by atoms with E-state index in [4.69, 9.17) is 10.2 Å². The summed E-state index contributed by atoms with van der Waals surface area (Å²) in [6.45, 7) is 5.62. The van der Waals surface area contributed by atoms with Crippen LogP contribution in [0.15, 0.2) is 101 Å². The number of hydrogen-bond acceptors (Lipinski definition) is 5. The van der Waals surface area contributed by atoms with Crippen molar-refractivity contribution in [3.63, 3.8) is 0 Å². The fraction of sp³-hybridized carbons (Fsp3) is 0.241. The van der Waals surface area contributed by atoms with Crippen LogP contribution in [0.5, 0.6) is 0 Å². The molecule has 186 valence electrons. The van der Waals surface area contributed by atoms with Gasteiger partial charge in [-0.15, -0.1) is 0 Å². The van der Waals surface area contributed by atoms with Crippen molar-refractivity contribution < 1.29 is 19.8 Å². The summed E-state index contributed by atoms with van der Waals surface area (Å²) in [6, 6.07) is 29.3. The van der Waals surface area contributed by atoms with E-state index in [0.29, 0.717) is 18.2 Å². The minimum absolute atomic E-state index is 0.478. The van der Waals surface area contributed by atoms with Gasteiger partial charge in [0.15, 0.2) is 0 Å². The normalized spacial score (nSPS) is 17.8. The summed E-state index contributed by atoms with van der Waals surface area (Å²) >= 11 is 1.94. The van der Waals surface area contributed by atoms with Crippen LogP contribution in [0.1, 0.15) is 22.7 Å². The molecule has 2 N–H and O–H groups in total. The van der Waals surface area contributed by atoms with Gasteiger partial charge in [-0.1, -0.05) is 78.5 Å². The van der Waals surface area contributed by atoms with Gasteiger partial charge in [-0.2, -0.15) is 0 Å². The van der Waals surface area contributed by atoms with E-state index in [2.05, 4.69) is 88.7 Å². The van der Waals surface area contributed by atoms with Crippen molar-refractivity contribution in [2.75, 3.05) is 26.2 Å². The van der Waals surface area contributed by atoms with E-state index in [0.717, 1.165) is 39.1 Å². The fourth-order valence-electron chi connectivity index (χ4n) is 4.60. The zero-order chi connectivity index (χ0) is 25.3. The van der Waals surface area contributed by atoms with Crippen LogP contribution in [-0.4, -0.2) is 58.1 Å². The second-order valence-corrected chi connectivity index (χ2v) is 9.86. The monoisotopic (exact) mass is 502 g/mol. The Morgan fingerprint density at radius 1 is 0.778 bits per heavy atom. The van der Waals surface area contributed by atoms with Crippen molar-refractivity contribution >= 4 is 23.7 Å². The Morgan fingerprint density at radius 2 is 1.36 bits per heavy atom. The van der Waals surface area contributed by atoms with Gasteiger partial charge in [0.25, 0.3) is 0 Å². The van der Waals surface area contributed by atoms with Gasteiger partial charge in [-0.3, -0.25) is 9.80 Å². The van der Waals surface area contributed by atoms with E-state index in [1.807, 2.05) is 11.8 Å². The van der Waals surface area contributed by atoms with Gasteiger partial charge >= 0.3 is 11.9 Å². The van der Waals surface area contributed by atoms with Crippen molar-refractivity contribution in [2.45, 2.75) is 28.8 Å². The molecule has 0 spiro atoms. The largest absolute Gasteiger partial charge is 0.478 e. The quantitative estimate of drug-likeness (QED) is 0.477. The van der Waals surface area contributed by atoms with Crippen molar-refractivity contribution in [3.05, 3.63) is 108 Å². The van der Waals surface area contributed by atoms with Crippen LogP contribution in [0.4, 0.5) is 0 Å². The number of aliphatic carboxylic acids is 2. The number of nitrogens with zero attached hydrogens (tertiary/aromatic N) is 2. The third-order valence-corrected chi connectivity index (χ3v) is 7.56. The van der Waals surface area contributed by atoms with Gasteiger partial charge in [0.1, 0.15) is 0 Å². The van der Waals surface area contributed by atoms with E-state index in [9.17, 15) is 9.59 Å². The van der Waals surface area contributed by atoms with Gasteiger partial charge in [0.05, 0.1) is 0 Å². The van der Waals surface area contributed by atoms with E-state index < -0.39 is 11.9 Å². The molecule has 5 rings (SSSR count). The molecule has 1 atom stereocenters. The van der Waals surface area contributed by atoms with Gasteiger partial charge in [0.2, 0.25) is 0 Å². The number of carbonyl (C=O) groups is 2. The minimum atomic E-state index is -1.26. The number of benzene rings is 3. The highest BCUT2D eigenvalue weighted by molar-refractivity contribution is 7.99. The molecule has 7 heteroatoms. The first-order valence-electron chi connectivity index (χ1n) is 12.0. The molecular formula is C29H30N2O4S. The van der Waals surface area contributed by atoms with E-state index in [-0.39, 0.29) is 0 Å². The first-order chi connectivity index (χ1) is 17.5. The van der Waals surface area contributed by atoms with Crippen LogP contribution < -0.4 is 0 Å². The van der Waals surface area contributed by atoms with E-state index in [1.165, 1.54) is 26.5 Å². The second-order valence-electron chi connectivity index (χ2n) is 8.78. The topological polar surface area (TPSA) is 81.1 Å². The Kier molecular flexibility index (Phi) is 8.95. The van der Waals surface area contributed by atoms with Crippen LogP contribution in [-0.2, 0) is 22.6 Å². The van der Waals surface area contributed by atoms with Crippen molar-refractivity contribution in [1.29, 1.82) is 0 Å². The Labute approximate surface area is 215 Å². The van der Waals surface area contributed by atoms with Gasteiger partial charge < -0.3 is 10.2 Å². The first kappa shape index (κ1) is 25.7. The second kappa shape index (κ2) is 12.5. The molecule has 1 fully saturated rings. The summed E-state index contributed by atoms with van der Waals surface area (Å²) in [7, 11) is 0. The van der Waals surface area contributed by atoms with Crippen molar-refractivity contribution in [3.8, 4) is 0 Å². The summed E-state index contributed by atoms with van der Waals surface area (Å²) in [5.74, 6) is -2.51. The maximum absolute atomic E-state index is 9.55. The fourth-order valence-corrected chi connectivity index (χ4v) is 5.74. The van der Waals surface area contributed by atoms with Gasteiger partial charge in [-0.25, -0.2) is 9.59 Å². The number of hydrogen-bond donors (Lipinski definition) is 2. The molecule has 6 nitrogen and oxygen atoms in total. The van der Waals surface area contributed by atoms with Gasteiger partial charge in [-0.05, 0) is 35.2 Å². The Balaban J connectivity index is 0.000000331. The molecule has 0 radical (unpaired) electrons. The minimum Gasteiger partial charge on any atom is -0.478 e. The summed E-state index contributed by atoms with van der Waals surface area (Å²) in [6.07, 6.45) is 2.23. The average molecular weight is 503 g/mol. The number of rotatable bonds is 5. The Hall–Kier alpha value is -3.39. The molecule has 2 aliphatic rings. The van der Waals surface area contributed by atoms with Crippen LogP contribution in [0, 0.1) is 0 Å². The molecular weight excluding hydrogens is 472 g/mol. The third-order valence-electron chi connectivity index (χ3n) is 6.35. The van der Waals surface area contributed by atoms with Crippen LogP contribution in [0.2, 0.25) is 0 Å². The number of fused-ring (bicyclic) bond motifs is 2. The molecule has 2 aliphatic heterocycles. The van der Waals surface area contributed by atoms with Crippen LogP contribution >= 0.6 is 11.8 Å². The maximum Gasteiger partial charge on any atom is 0.328 e. The molecule has 0 bridgehead atoms. The summed E-state index contributed by atoms with van der Waals surface area (Å²) < 4.78 is 0. The molecule has 0 aromatic heterocycles. The standard InChI is InChI=1S/C25H26N2S.C4H4O4/c1-2-8-20(9-3-1)19-26-14-16-27(17-15-26)23-18-21-10-4-6-12-24(21)28-25-13-7-5-11-22(23)25;5-3(6)1-2-4(7)8/h1-13,23H,14-19H2;1-2H,(H,5,6)(H,7,8)/b;2-1-. The predicted octanol–water partition coefficient (Wildman–Crippen LogP) is 4.96. The Morgan fingerprint density at radius 3 is 2.03 bits per heavy atom. The van der Waals surface area contributed by atoms with E-state index >= 15 is 0 Å². The molecule has 36 heavy (non-hydrogen) atoms. The average Bonchev–Trinajstić information content (AvgIpc) is 3.06. The number of carboxylic acids is 2. The lowest BCUT2D eigenvalue weighted by Gasteiger charge is -2.39. The number of piperazine rings is 1. The molecule has 3 aromatic rings. The van der Waals surface area contributed by atoms with Crippen molar-refractivity contribution in [1.82, 2.24) is 9.80 Å². The lowest BCUT2D eigenvalue weighted by molar-refractivity contribution is -0.134. The van der Waals surface area contributed by atoms with Crippen LogP contribution in [0.25, 0.3) is 0 Å². The predicted molar refractivity (Wildman–Crippen MR) is 141 cm³/mol. The summed E-state index contributed by atoms with van der Waals surface area (Å²) in [5, 5.41) is 15.6. The third kappa shape index (κ3) is 7.07. The molecule has 0 saturated carbocycles. The van der Waals surface area contributed by atoms with Crippen molar-refractivity contribution in [2.24, 2.45) is 0 Å². The first-order valence-corrected chi connectivity index (χ1v) is 12.8. The lowest BCUT2D eigenvalue weighted by Crippen LogP contribution is -2.47. The highest BCUT2D eigenvalue weighted by Crippen LogP contribution is 2.42. The maximum atomic E-state index is 9.55. The highest BCUT2D eigenvalue weighted by Gasteiger charge is 2.29. The molecule has 2 heterocycles. The molecule has 0 amide bonds. The molecule has 1 unspecified atom stereocenters. The number of carboxylic acid groups (broad SMARTS) is 2. The molecule has 0 aliphatic carbocycles. The summed E-state index contributed by atoms with van der Waals surface area (Å²) in [4.78, 5) is 27.3. The Bertz CT molecular complexity index is 1190. The van der Waals surface area contributed by atoms with Crippen LogP contribution in [0.3, 0.4) is 0 Å². The van der Waals surface area contributed by atoms with E-state index in [1.54, 1.807) is 0 Å². The van der Waals surface area contributed by atoms with Gasteiger partial charge in [0, 0.05) is 60.7 Å². The molecule has 3 aromatic carbocycles. The summed E-state index contributed by atoms with van der Waals surface area (Å²) in [5.41, 5.74) is 4.40. The zero-order valence-corrected chi connectivity index (χ0v) is 20.8. The highest BCUT2D eigenvalue weighted by atomic mass is 32.2. The molecule has 1 saturated heterocycles. The lowest BCUT2D eigenvalue weighted by atomic mass is 9.96. The SMILES string of the molecule is O=C(O)/C=C\C(=O)O.c1ccc(CN2CCN(C3Cc4ccccc4Sc4ccccc43)CC2)cc1. The smallest absolute Gasteiger partial charge is 0.328 e.